The third kappa shape index (κ3) is 4.92. The van der Waals surface area contributed by atoms with Gasteiger partial charge in [0.1, 0.15) is 0 Å². The molecule has 8 nitrogen and oxygen atoms in total. The molecule has 0 spiro atoms. The molecule has 0 fully saturated rings. The van der Waals surface area contributed by atoms with Crippen LogP contribution in [0, 0.1) is 0 Å². The van der Waals surface area contributed by atoms with E-state index in [1.54, 1.807) is 12.1 Å². The maximum Gasteiger partial charge on any atom is 0.0426 e. The lowest BCUT2D eigenvalue weighted by atomic mass is 10.3. The van der Waals surface area contributed by atoms with Crippen LogP contribution in [0.2, 0.25) is 0 Å². The molecule has 0 aliphatic heterocycles. The van der Waals surface area contributed by atoms with Crippen molar-refractivity contribution in [1.29, 1.82) is 0 Å². The Bertz CT molecular complexity index is 734. The molecule has 0 heterocycles. The summed E-state index contributed by atoms with van der Waals surface area (Å²) in [6, 6.07) is 11.4. The molecule has 0 aliphatic rings. The van der Waals surface area contributed by atoms with E-state index in [9.17, 15) is 28.7 Å². The lowest BCUT2D eigenvalue weighted by Gasteiger charge is -2.32. The van der Waals surface area contributed by atoms with Crippen molar-refractivity contribution < 1.29 is 28.7 Å². The Labute approximate surface area is 138 Å². The number of rotatable bonds is 7. The number of nitrogens with one attached hydrogen (secondary N) is 2. The predicted octanol–water partition coefficient (Wildman–Crippen LogP) is -1.71. The molecule has 2 aromatic rings. The Morgan fingerprint density at radius 2 is 1.00 bits per heavy atom. The molecule has 0 saturated carbocycles. The summed E-state index contributed by atoms with van der Waals surface area (Å²) in [5, 5.41) is 4.90. The summed E-state index contributed by atoms with van der Waals surface area (Å²) in [7, 11) is -9.79. The molecule has 0 amide bonds. The summed E-state index contributed by atoms with van der Waals surface area (Å²) in [6.45, 7) is 0.403. The molecule has 0 bridgehead atoms. The highest BCUT2D eigenvalue weighted by Crippen LogP contribution is 2.27. The van der Waals surface area contributed by atoms with E-state index >= 15 is 0 Å². The molecule has 2 aromatic carbocycles. The van der Waals surface area contributed by atoms with Crippen LogP contribution in [0.15, 0.2) is 48.5 Å². The Balaban J connectivity index is 2.01. The standard InChI is InChI=1S/C14H18N2O6P2/c17-23(18,19)13-7-3-1-5-11(13)15-9-10-16-12-6-2-4-8-14(12)24(20,21)22/h1-8,15-16H,9-10H2,(H2,17,18,19)(H2,20,21,22)/p-4. The zero-order chi connectivity index (χ0) is 17.8. The van der Waals surface area contributed by atoms with Crippen molar-refractivity contribution in [1.82, 2.24) is 0 Å². The van der Waals surface area contributed by atoms with E-state index in [0.717, 1.165) is 0 Å². The molecule has 0 saturated heterocycles. The van der Waals surface area contributed by atoms with E-state index < -0.39 is 15.2 Å². The fraction of sp³-hybridized carbons (Fsp3) is 0.143. The molecule has 0 unspecified atom stereocenters. The van der Waals surface area contributed by atoms with Crippen LogP contribution in [0.1, 0.15) is 0 Å². The minimum atomic E-state index is -4.89. The van der Waals surface area contributed by atoms with E-state index in [4.69, 9.17) is 0 Å². The van der Waals surface area contributed by atoms with Gasteiger partial charge in [-0.1, -0.05) is 36.4 Å². The summed E-state index contributed by atoms with van der Waals surface area (Å²) in [4.78, 5) is 44.7. The van der Waals surface area contributed by atoms with Gasteiger partial charge in [0, 0.05) is 35.1 Å². The lowest BCUT2D eigenvalue weighted by molar-refractivity contribution is -0.309. The lowest BCUT2D eigenvalue weighted by Crippen LogP contribution is -2.29. The van der Waals surface area contributed by atoms with Crippen molar-refractivity contribution in [2.24, 2.45) is 0 Å². The summed E-state index contributed by atoms with van der Waals surface area (Å²) in [6.07, 6.45) is 0. The zero-order valence-corrected chi connectivity index (χ0v) is 14.2. The van der Waals surface area contributed by atoms with Gasteiger partial charge in [0.05, 0.1) is 0 Å². The number of anilines is 2. The first-order valence-electron chi connectivity index (χ1n) is 6.90. The molecule has 0 aromatic heterocycles. The Morgan fingerprint density at radius 3 is 1.33 bits per heavy atom. The van der Waals surface area contributed by atoms with Crippen LogP contribution in [0.25, 0.3) is 0 Å². The Kier molecular flexibility index (Phi) is 5.83. The van der Waals surface area contributed by atoms with Crippen molar-refractivity contribution in [3.8, 4) is 0 Å². The molecule has 130 valence electrons. The van der Waals surface area contributed by atoms with E-state index in [2.05, 4.69) is 10.6 Å². The second-order valence-electron chi connectivity index (χ2n) is 4.88. The van der Waals surface area contributed by atoms with Crippen molar-refractivity contribution in [2.75, 3.05) is 23.7 Å². The van der Waals surface area contributed by atoms with Crippen LogP contribution < -0.4 is 40.8 Å². The fourth-order valence-corrected chi connectivity index (χ4v) is 3.55. The maximum absolute atomic E-state index is 11.2. The fourth-order valence-electron chi connectivity index (χ4n) is 2.12. The second kappa shape index (κ2) is 7.49. The molecule has 2 rings (SSSR count). The SMILES string of the molecule is O=P([O-])([O-])c1ccccc1NCCNc1ccccc1P(=O)([O-])[O-]. The van der Waals surface area contributed by atoms with Gasteiger partial charge in [-0.25, -0.2) is 0 Å². The summed E-state index contributed by atoms with van der Waals surface area (Å²) in [5.41, 5.74) is 0.332. The van der Waals surface area contributed by atoms with E-state index in [-0.39, 0.29) is 35.1 Å². The Hall–Kier alpha value is -1.66. The molecule has 0 atom stereocenters. The van der Waals surface area contributed by atoms with Gasteiger partial charge >= 0.3 is 0 Å². The van der Waals surface area contributed by atoms with Gasteiger partial charge in [0.15, 0.2) is 0 Å². The van der Waals surface area contributed by atoms with Gasteiger partial charge in [-0.05, 0) is 27.3 Å². The maximum atomic E-state index is 11.2. The van der Waals surface area contributed by atoms with E-state index in [0.29, 0.717) is 0 Å². The minimum Gasteiger partial charge on any atom is -0.807 e. The molecular formula is C14H14N2O6P2-4. The number of para-hydroxylation sites is 2. The summed E-state index contributed by atoms with van der Waals surface area (Å²) >= 11 is 0. The zero-order valence-electron chi connectivity index (χ0n) is 12.4. The molecule has 0 aliphatic carbocycles. The van der Waals surface area contributed by atoms with Crippen LogP contribution in [0.5, 0.6) is 0 Å². The highest BCUT2D eigenvalue weighted by atomic mass is 31.2. The normalized spacial score (nSPS) is 12.0. The highest BCUT2D eigenvalue weighted by molar-refractivity contribution is 7.58. The first-order valence-corrected chi connectivity index (χ1v) is 9.99. The number of benzene rings is 2. The minimum absolute atomic E-state index is 0.166. The molecule has 0 radical (unpaired) electrons. The van der Waals surface area contributed by atoms with Gasteiger partial charge in [-0.15, -0.1) is 0 Å². The van der Waals surface area contributed by atoms with Crippen LogP contribution >= 0.6 is 15.2 Å². The molecule has 10 heteroatoms. The quantitative estimate of drug-likeness (QED) is 0.433. The van der Waals surface area contributed by atoms with Crippen molar-refractivity contribution in [3.05, 3.63) is 48.5 Å². The van der Waals surface area contributed by atoms with E-state index in [1.807, 2.05) is 0 Å². The number of hydrogen-bond acceptors (Lipinski definition) is 8. The summed E-state index contributed by atoms with van der Waals surface area (Å²) in [5.74, 6) is 0. The van der Waals surface area contributed by atoms with Crippen LogP contribution in [-0.4, -0.2) is 13.1 Å². The van der Waals surface area contributed by atoms with Crippen LogP contribution in [0.3, 0.4) is 0 Å². The van der Waals surface area contributed by atoms with Gasteiger partial charge in [-0.3, -0.25) is 0 Å². The average Bonchev–Trinajstić information content (AvgIpc) is 2.50. The van der Waals surface area contributed by atoms with Crippen molar-refractivity contribution in [3.63, 3.8) is 0 Å². The van der Waals surface area contributed by atoms with Crippen molar-refractivity contribution >= 4 is 37.2 Å². The largest absolute Gasteiger partial charge is 0.807 e. The third-order valence-corrected chi connectivity index (χ3v) is 5.11. The highest BCUT2D eigenvalue weighted by Gasteiger charge is 2.06. The predicted molar refractivity (Wildman–Crippen MR) is 84.3 cm³/mol. The smallest absolute Gasteiger partial charge is 0.0426 e. The monoisotopic (exact) mass is 368 g/mol. The van der Waals surface area contributed by atoms with Gasteiger partial charge < -0.3 is 39.3 Å². The molecular weight excluding hydrogens is 354 g/mol. The van der Waals surface area contributed by atoms with Crippen LogP contribution in [-0.2, 0) is 9.13 Å². The first kappa shape index (κ1) is 18.7. The van der Waals surface area contributed by atoms with Gasteiger partial charge in [0.25, 0.3) is 0 Å². The van der Waals surface area contributed by atoms with Crippen molar-refractivity contribution in [2.45, 2.75) is 0 Å². The van der Waals surface area contributed by atoms with Gasteiger partial charge in [0.2, 0.25) is 0 Å². The number of hydrogen-bond donors (Lipinski definition) is 2. The third-order valence-electron chi connectivity index (χ3n) is 3.15. The van der Waals surface area contributed by atoms with Gasteiger partial charge in [-0.2, -0.15) is 0 Å². The Morgan fingerprint density at radius 1 is 0.667 bits per heavy atom. The van der Waals surface area contributed by atoms with Crippen LogP contribution in [0.4, 0.5) is 11.4 Å². The molecule has 24 heavy (non-hydrogen) atoms. The topological polar surface area (TPSA) is 150 Å². The molecule has 2 N–H and O–H groups in total. The summed E-state index contributed by atoms with van der Waals surface area (Å²) < 4.78 is 22.4. The van der Waals surface area contributed by atoms with E-state index in [1.165, 1.54) is 36.4 Å². The second-order valence-corrected chi connectivity index (χ2v) is 7.84. The average molecular weight is 368 g/mol. The first-order chi connectivity index (χ1) is 11.2.